The van der Waals surface area contributed by atoms with Crippen molar-refractivity contribution in [3.63, 3.8) is 0 Å². The van der Waals surface area contributed by atoms with E-state index in [1.165, 1.54) is 10.6 Å². The van der Waals surface area contributed by atoms with Crippen molar-refractivity contribution in [1.82, 2.24) is 19.1 Å². The molecule has 0 aliphatic carbocycles. The number of rotatable bonds is 8. The van der Waals surface area contributed by atoms with Crippen LogP contribution >= 0.6 is 11.6 Å². The first-order chi connectivity index (χ1) is 14.0. The molecule has 0 aliphatic heterocycles. The van der Waals surface area contributed by atoms with Crippen molar-refractivity contribution in [3.8, 4) is 0 Å². The van der Waals surface area contributed by atoms with E-state index in [0.717, 1.165) is 19.3 Å². The molecule has 9 heteroatoms. The van der Waals surface area contributed by atoms with Gasteiger partial charge in [-0.2, -0.15) is 0 Å². The molecule has 8 nitrogen and oxygen atoms in total. The summed E-state index contributed by atoms with van der Waals surface area (Å²) >= 11 is 5.92. The van der Waals surface area contributed by atoms with Gasteiger partial charge < -0.3 is 9.30 Å². The van der Waals surface area contributed by atoms with Crippen molar-refractivity contribution in [1.29, 1.82) is 0 Å². The number of imidazole rings is 1. The van der Waals surface area contributed by atoms with Gasteiger partial charge in [0.2, 0.25) is 0 Å². The summed E-state index contributed by atoms with van der Waals surface area (Å²) in [5.74, 6) is -0.126. The number of hydrogen-bond donors (Lipinski definition) is 1. The summed E-state index contributed by atoms with van der Waals surface area (Å²) in [5.41, 5.74) is -0.0233. The first kappa shape index (κ1) is 20.9. The van der Waals surface area contributed by atoms with Crippen molar-refractivity contribution in [2.45, 2.75) is 52.8 Å². The molecule has 3 rings (SSSR count). The average Bonchev–Trinajstić information content (AvgIpc) is 3.05. The quantitative estimate of drug-likeness (QED) is 0.566. The van der Waals surface area contributed by atoms with Gasteiger partial charge in [-0.3, -0.25) is 14.3 Å². The zero-order valence-electron chi connectivity index (χ0n) is 16.4. The first-order valence-corrected chi connectivity index (χ1v) is 9.99. The third kappa shape index (κ3) is 4.42. The Morgan fingerprint density at radius 2 is 1.97 bits per heavy atom. The van der Waals surface area contributed by atoms with Gasteiger partial charge in [0.05, 0.1) is 5.56 Å². The molecule has 2 heterocycles. The Hall–Kier alpha value is -2.87. The van der Waals surface area contributed by atoms with E-state index in [1.807, 2.05) is 13.8 Å². The third-order valence-corrected chi connectivity index (χ3v) is 4.77. The molecule has 0 unspecified atom stereocenters. The molecule has 0 fully saturated rings. The van der Waals surface area contributed by atoms with E-state index in [2.05, 4.69) is 9.97 Å². The standard InChI is InChI=1S/C20H23ClN4O4/c1-3-5-10-25-17-16(18(26)23-20(25)28)24(9-4-2)15(22-17)12-29-19(27)13-7-6-8-14(21)11-13/h6-8,11H,3-5,9-10,12H2,1-2H3,(H,23,26,28). The Morgan fingerprint density at radius 3 is 2.66 bits per heavy atom. The number of aromatic amines is 1. The fourth-order valence-corrected chi connectivity index (χ4v) is 3.34. The van der Waals surface area contributed by atoms with Crippen LogP contribution in [-0.4, -0.2) is 25.1 Å². The number of fused-ring (bicyclic) bond motifs is 1. The number of unbranched alkanes of at least 4 members (excludes halogenated alkanes) is 1. The van der Waals surface area contributed by atoms with Crippen LogP contribution in [0.1, 0.15) is 49.3 Å². The van der Waals surface area contributed by atoms with Crippen LogP contribution in [-0.2, 0) is 24.4 Å². The number of halogens is 1. The number of esters is 1. The Balaban J connectivity index is 1.99. The number of aryl methyl sites for hydroxylation is 2. The van der Waals surface area contributed by atoms with Crippen molar-refractivity contribution in [2.24, 2.45) is 0 Å². The summed E-state index contributed by atoms with van der Waals surface area (Å²) in [6.07, 6.45) is 2.42. The van der Waals surface area contributed by atoms with Gasteiger partial charge in [-0.05, 0) is 31.0 Å². The third-order valence-electron chi connectivity index (χ3n) is 4.54. The fraction of sp³-hybridized carbons (Fsp3) is 0.400. The van der Waals surface area contributed by atoms with Crippen LogP contribution < -0.4 is 11.2 Å². The second-order valence-corrected chi connectivity index (χ2v) is 7.14. The number of benzene rings is 1. The number of ether oxygens (including phenoxy) is 1. The molecule has 0 radical (unpaired) electrons. The zero-order valence-corrected chi connectivity index (χ0v) is 17.2. The predicted molar refractivity (Wildman–Crippen MR) is 110 cm³/mol. The summed E-state index contributed by atoms with van der Waals surface area (Å²) in [7, 11) is 0. The normalized spacial score (nSPS) is 11.1. The van der Waals surface area contributed by atoms with Crippen LogP contribution in [0, 0.1) is 0 Å². The molecule has 1 aromatic carbocycles. The van der Waals surface area contributed by atoms with Crippen LogP contribution in [0.15, 0.2) is 33.9 Å². The molecule has 29 heavy (non-hydrogen) atoms. The van der Waals surface area contributed by atoms with Gasteiger partial charge in [-0.1, -0.05) is 37.9 Å². The van der Waals surface area contributed by atoms with E-state index in [9.17, 15) is 14.4 Å². The van der Waals surface area contributed by atoms with Gasteiger partial charge in [-0.25, -0.2) is 14.6 Å². The average molecular weight is 419 g/mol. The molecule has 0 bridgehead atoms. The lowest BCUT2D eigenvalue weighted by Crippen LogP contribution is -2.31. The number of aromatic nitrogens is 4. The summed E-state index contributed by atoms with van der Waals surface area (Å²) in [6, 6.07) is 6.46. The molecular weight excluding hydrogens is 396 g/mol. The van der Waals surface area contributed by atoms with Crippen molar-refractivity contribution >= 4 is 28.7 Å². The molecule has 0 saturated carbocycles. The lowest BCUT2D eigenvalue weighted by Gasteiger charge is -2.08. The van der Waals surface area contributed by atoms with E-state index < -0.39 is 17.2 Å². The Labute approximate surface area is 172 Å². The van der Waals surface area contributed by atoms with E-state index in [4.69, 9.17) is 16.3 Å². The highest BCUT2D eigenvalue weighted by Gasteiger charge is 2.19. The molecule has 0 aliphatic rings. The maximum atomic E-state index is 12.5. The molecular formula is C20H23ClN4O4. The minimum absolute atomic E-state index is 0.124. The van der Waals surface area contributed by atoms with E-state index in [0.29, 0.717) is 40.7 Å². The summed E-state index contributed by atoms with van der Waals surface area (Å²) in [6.45, 7) is 4.82. The second-order valence-electron chi connectivity index (χ2n) is 6.70. The van der Waals surface area contributed by atoms with Crippen molar-refractivity contribution in [2.75, 3.05) is 0 Å². The molecule has 154 valence electrons. The highest BCUT2D eigenvalue weighted by Crippen LogP contribution is 2.16. The van der Waals surface area contributed by atoms with Crippen LogP contribution in [0.4, 0.5) is 0 Å². The Bertz CT molecular complexity index is 1150. The monoisotopic (exact) mass is 418 g/mol. The number of H-pyrrole nitrogens is 1. The Kier molecular flexibility index (Phi) is 6.53. The number of nitrogens with one attached hydrogen (secondary N) is 1. The Morgan fingerprint density at radius 1 is 1.17 bits per heavy atom. The van der Waals surface area contributed by atoms with Crippen LogP contribution in [0.2, 0.25) is 5.02 Å². The van der Waals surface area contributed by atoms with Gasteiger partial charge in [0.1, 0.15) is 12.4 Å². The minimum Gasteiger partial charge on any atom is -0.454 e. The van der Waals surface area contributed by atoms with Crippen LogP contribution in [0.25, 0.3) is 11.2 Å². The molecule has 0 saturated heterocycles. The number of carbonyl (C=O) groups is 1. The van der Waals surface area contributed by atoms with E-state index in [-0.39, 0.29) is 6.61 Å². The van der Waals surface area contributed by atoms with E-state index >= 15 is 0 Å². The van der Waals surface area contributed by atoms with Gasteiger partial charge in [0.25, 0.3) is 5.56 Å². The molecule has 3 aromatic rings. The smallest absolute Gasteiger partial charge is 0.338 e. The van der Waals surface area contributed by atoms with Gasteiger partial charge >= 0.3 is 11.7 Å². The topological polar surface area (TPSA) is 99.0 Å². The first-order valence-electron chi connectivity index (χ1n) is 9.61. The number of carbonyl (C=O) groups excluding carboxylic acids is 1. The van der Waals surface area contributed by atoms with Crippen molar-refractivity contribution in [3.05, 3.63) is 61.5 Å². The SMILES string of the molecule is CCCCn1c(=O)[nH]c(=O)c2c1nc(COC(=O)c1cccc(Cl)c1)n2CCC. The van der Waals surface area contributed by atoms with Crippen LogP contribution in [0.5, 0.6) is 0 Å². The second kappa shape index (κ2) is 9.09. The summed E-state index contributed by atoms with van der Waals surface area (Å²) in [4.78, 5) is 44.0. The van der Waals surface area contributed by atoms with Crippen molar-refractivity contribution < 1.29 is 9.53 Å². The largest absolute Gasteiger partial charge is 0.454 e. The lowest BCUT2D eigenvalue weighted by atomic mass is 10.2. The molecule has 0 amide bonds. The number of nitrogens with zero attached hydrogens (tertiary/aromatic N) is 3. The molecule has 0 spiro atoms. The fourth-order valence-electron chi connectivity index (χ4n) is 3.14. The highest BCUT2D eigenvalue weighted by atomic mass is 35.5. The maximum Gasteiger partial charge on any atom is 0.338 e. The summed E-state index contributed by atoms with van der Waals surface area (Å²) < 4.78 is 8.57. The zero-order chi connectivity index (χ0) is 21.0. The maximum absolute atomic E-state index is 12.5. The molecule has 2 aromatic heterocycles. The summed E-state index contributed by atoms with van der Waals surface area (Å²) in [5, 5.41) is 0.434. The van der Waals surface area contributed by atoms with Crippen LogP contribution in [0.3, 0.4) is 0 Å². The minimum atomic E-state index is -0.542. The molecule has 0 atom stereocenters. The van der Waals surface area contributed by atoms with Gasteiger partial charge in [0, 0.05) is 18.1 Å². The van der Waals surface area contributed by atoms with E-state index in [1.54, 1.807) is 22.8 Å². The highest BCUT2D eigenvalue weighted by molar-refractivity contribution is 6.30. The molecule has 1 N–H and O–H groups in total. The number of hydrogen-bond acceptors (Lipinski definition) is 5. The predicted octanol–water partition coefficient (Wildman–Crippen LogP) is 3.11. The van der Waals surface area contributed by atoms with Gasteiger partial charge in [-0.15, -0.1) is 0 Å². The van der Waals surface area contributed by atoms with Gasteiger partial charge in [0.15, 0.2) is 11.2 Å². The lowest BCUT2D eigenvalue weighted by molar-refractivity contribution is 0.0458.